The quantitative estimate of drug-likeness (QED) is 0.742. The molecular weight excluding hydrogens is 200 g/mol. The van der Waals surface area contributed by atoms with Gasteiger partial charge in [0, 0.05) is 25.7 Å². The average molecular weight is 226 g/mol. The molecule has 16 heavy (non-hydrogen) atoms. The molecule has 2 rings (SSSR count). The normalized spacial score (nSPS) is 29.2. The Morgan fingerprint density at radius 1 is 1.44 bits per heavy atom. The number of morpholine rings is 1. The highest BCUT2D eigenvalue weighted by atomic mass is 16.5. The van der Waals surface area contributed by atoms with Gasteiger partial charge in [-0.1, -0.05) is 6.92 Å². The Kier molecular flexibility index (Phi) is 4.62. The lowest BCUT2D eigenvalue weighted by molar-refractivity contribution is -0.0216. The maximum absolute atomic E-state index is 5.58. The molecule has 0 aromatic carbocycles. The highest BCUT2D eigenvalue weighted by Gasteiger charge is 2.32. The van der Waals surface area contributed by atoms with E-state index in [4.69, 9.17) is 4.74 Å². The van der Waals surface area contributed by atoms with E-state index in [0.717, 1.165) is 31.7 Å². The fourth-order valence-corrected chi connectivity index (χ4v) is 2.54. The number of ether oxygens (including phenoxy) is 1. The second kappa shape index (κ2) is 5.99. The van der Waals surface area contributed by atoms with Crippen molar-refractivity contribution in [1.82, 2.24) is 10.2 Å². The van der Waals surface area contributed by atoms with Crippen LogP contribution in [0.2, 0.25) is 0 Å². The van der Waals surface area contributed by atoms with Crippen molar-refractivity contribution in [2.45, 2.75) is 45.3 Å². The monoisotopic (exact) mass is 226 g/mol. The summed E-state index contributed by atoms with van der Waals surface area (Å²) in [5.41, 5.74) is 0. The summed E-state index contributed by atoms with van der Waals surface area (Å²) in [6, 6.07) is 0.727. The molecule has 0 aromatic rings. The van der Waals surface area contributed by atoms with Gasteiger partial charge in [-0.25, -0.2) is 0 Å². The van der Waals surface area contributed by atoms with E-state index < -0.39 is 0 Å². The number of nitrogens with one attached hydrogen (secondary N) is 1. The molecule has 3 nitrogen and oxygen atoms in total. The molecule has 1 aliphatic carbocycles. The molecule has 2 atom stereocenters. The van der Waals surface area contributed by atoms with E-state index in [9.17, 15) is 0 Å². The smallest absolute Gasteiger partial charge is 0.0674 e. The van der Waals surface area contributed by atoms with Gasteiger partial charge in [-0.2, -0.15) is 0 Å². The SMILES string of the molecule is CCCNC(CN1CCOC(C)C1)C1CC1. The van der Waals surface area contributed by atoms with Crippen molar-refractivity contribution >= 4 is 0 Å². The molecule has 0 spiro atoms. The zero-order chi connectivity index (χ0) is 11.4. The minimum absolute atomic E-state index is 0.416. The van der Waals surface area contributed by atoms with Gasteiger partial charge in [0.1, 0.15) is 0 Å². The summed E-state index contributed by atoms with van der Waals surface area (Å²) in [5, 5.41) is 3.71. The lowest BCUT2D eigenvalue weighted by Gasteiger charge is -2.34. The van der Waals surface area contributed by atoms with Gasteiger partial charge in [0.2, 0.25) is 0 Å². The molecule has 1 heterocycles. The summed E-state index contributed by atoms with van der Waals surface area (Å²) in [7, 11) is 0. The minimum atomic E-state index is 0.416. The molecule has 0 bridgehead atoms. The van der Waals surface area contributed by atoms with Gasteiger partial charge >= 0.3 is 0 Å². The molecule has 3 heteroatoms. The standard InChI is InChI=1S/C13H26N2O/c1-3-6-14-13(12-4-5-12)10-15-7-8-16-11(2)9-15/h11-14H,3-10H2,1-2H3. The molecule has 1 aliphatic heterocycles. The zero-order valence-electron chi connectivity index (χ0n) is 10.7. The number of hydrogen-bond acceptors (Lipinski definition) is 3. The van der Waals surface area contributed by atoms with E-state index in [1.165, 1.54) is 32.4 Å². The third-order valence-electron chi connectivity index (χ3n) is 3.63. The molecule has 1 saturated heterocycles. The summed E-state index contributed by atoms with van der Waals surface area (Å²) in [4.78, 5) is 2.57. The summed E-state index contributed by atoms with van der Waals surface area (Å²) in [5.74, 6) is 0.949. The Morgan fingerprint density at radius 2 is 2.25 bits per heavy atom. The van der Waals surface area contributed by atoms with Gasteiger partial charge < -0.3 is 10.1 Å². The second-order valence-electron chi connectivity index (χ2n) is 5.34. The second-order valence-corrected chi connectivity index (χ2v) is 5.34. The van der Waals surface area contributed by atoms with Crippen LogP contribution < -0.4 is 5.32 Å². The van der Waals surface area contributed by atoms with E-state index in [2.05, 4.69) is 24.1 Å². The van der Waals surface area contributed by atoms with E-state index in [0.29, 0.717) is 6.10 Å². The van der Waals surface area contributed by atoms with Crippen LogP contribution in [0.1, 0.15) is 33.1 Å². The number of nitrogens with zero attached hydrogens (tertiary/aromatic N) is 1. The Hall–Kier alpha value is -0.120. The first kappa shape index (κ1) is 12.3. The van der Waals surface area contributed by atoms with E-state index in [-0.39, 0.29) is 0 Å². The molecular formula is C13H26N2O. The lowest BCUT2D eigenvalue weighted by atomic mass is 10.1. The Balaban J connectivity index is 1.75. The van der Waals surface area contributed by atoms with Crippen LogP contribution in [0.15, 0.2) is 0 Å². The van der Waals surface area contributed by atoms with Gasteiger partial charge in [-0.05, 0) is 38.6 Å². The first-order valence-corrected chi connectivity index (χ1v) is 6.87. The van der Waals surface area contributed by atoms with Gasteiger partial charge in [-0.15, -0.1) is 0 Å². The summed E-state index contributed by atoms with van der Waals surface area (Å²) in [6.45, 7) is 9.94. The number of hydrogen-bond donors (Lipinski definition) is 1. The molecule has 2 aliphatic rings. The Bertz CT molecular complexity index is 206. The van der Waals surface area contributed by atoms with Crippen molar-refractivity contribution in [2.24, 2.45) is 5.92 Å². The van der Waals surface area contributed by atoms with E-state index >= 15 is 0 Å². The van der Waals surface area contributed by atoms with Crippen LogP contribution in [0.4, 0.5) is 0 Å². The van der Waals surface area contributed by atoms with E-state index in [1.54, 1.807) is 0 Å². The fraction of sp³-hybridized carbons (Fsp3) is 1.00. The molecule has 2 fully saturated rings. The highest BCUT2D eigenvalue weighted by molar-refractivity contribution is 4.89. The maximum atomic E-state index is 5.58. The fourth-order valence-electron chi connectivity index (χ4n) is 2.54. The lowest BCUT2D eigenvalue weighted by Crippen LogP contribution is -2.48. The van der Waals surface area contributed by atoms with Crippen LogP contribution in [0, 0.1) is 5.92 Å². The van der Waals surface area contributed by atoms with Gasteiger partial charge in [0.15, 0.2) is 0 Å². The van der Waals surface area contributed by atoms with Crippen molar-refractivity contribution in [3.8, 4) is 0 Å². The van der Waals surface area contributed by atoms with Crippen molar-refractivity contribution in [3.63, 3.8) is 0 Å². The van der Waals surface area contributed by atoms with Crippen molar-refractivity contribution in [1.29, 1.82) is 0 Å². The maximum Gasteiger partial charge on any atom is 0.0674 e. The predicted octanol–water partition coefficient (Wildman–Crippen LogP) is 1.49. The Labute approximate surface area is 99.5 Å². The summed E-state index contributed by atoms with van der Waals surface area (Å²) in [6.07, 6.45) is 4.52. The molecule has 0 amide bonds. The first-order chi connectivity index (χ1) is 7.79. The summed E-state index contributed by atoms with van der Waals surface area (Å²) >= 11 is 0. The summed E-state index contributed by atoms with van der Waals surface area (Å²) < 4.78 is 5.58. The first-order valence-electron chi connectivity index (χ1n) is 6.87. The molecule has 1 N–H and O–H groups in total. The third-order valence-corrected chi connectivity index (χ3v) is 3.63. The van der Waals surface area contributed by atoms with Gasteiger partial charge in [0.25, 0.3) is 0 Å². The van der Waals surface area contributed by atoms with Crippen LogP contribution in [0.5, 0.6) is 0 Å². The zero-order valence-corrected chi connectivity index (χ0v) is 10.7. The van der Waals surface area contributed by atoms with Crippen LogP contribution in [-0.2, 0) is 4.74 Å². The van der Waals surface area contributed by atoms with Crippen LogP contribution in [0.3, 0.4) is 0 Å². The average Bonchev–Trinajstić information content (AvgIpc) is 3.08. The molecule has 94 valence electrons. The van der Waals surface area contributed by atoms with E-state index in [1.807, 2.05) is 0 Å². The topological polar surface area (TPSA) is 24.5 Å². The molecule has 2 unspecified atom stereocenters. The van der Waals surface area contributed by atoms with Gasteiger partial charge in [0.05, 0.1) is 12.7 Å². The molecule has 0 aromatic heterocycles. The van der Waals surface area contributed by atoms with Crippen LogP contribution in [-0.4, -0.2) is 49.8 Å². The Morgan fingerprint density at radius 3 is 2.88 bits per heavy atom. The van der Waals surface area contributed by atoms with Crippen molar-refractivity contribution in [3.05, 3.63) is 0 Å². The third kappa shape index (κ3) is 3.72. The van der Waals surface area contributed by atoms with Crippen LogP contribution >= 0.6 is 0 Å². The van der Waals surface area contributed by atoms with Crippen molar-refractivity contribution < 1.29 is 4.74 Å². The minimum Gasteiger partial charge on any atom is -0.376 e. The van der Waals surface area contributed by atoms with Crippen molar-refractivity contribution in [2.75, 3.05) is 32.8 Å². The number of rotatable bonds is 6. The van der Waals surface area contributed by atoms with Crippen LogP contribution in [0.25, 0.3) is 0 Å². The largest absolute Gasteiger partial charge is 0.376 e. The molecule has 1 saturated carbocycles. The van der Waals surface area contributed by atoms with Gasteiger partial charge in [-0.3, -0.25) is 4.90 Å². The predicted molar refractivity (Wildman–Crippen MR) is 66.7 cm³/mol. The molecule has 0 radical (unpaired) electrons. The highest BCUT2D eigenvalue weighted by Crippen LogP contribution is 2.33.